The molecule has 0 amide bonds. The molecule has 0 saturated heterocycles. The van der Waals surface area contributed by atoms with Crippen LogP contribution in [0.4, 0.5) is 0 Å². The first kappa shape index (κ1) is 14.0. The molecule has 0 aliphatic carbocycles. The molecule has 1 N–H and O–H groups in total. The van der Waals surface area contributed by atoms with E-state index in [2.05, 4.69) is 59.9 Å². The maximum atomic E-state index is 4.47. The Balaban J connectivity index is 1.68. The summed E-state index contributed by atoms with van der Waals surface area (Å²) in [6, 6.07) is 14.8. The van der Waals surface area contributed by atoms with Crippen LogP contribution in [0.25, 0.3) is 11.1 Å². The van der Waals surface area contributed by atoms with Crippen LogP contribution >= 0.6 is 11.3 Å². The van der Waals surface area contributed by atoms with Gasteiger partial charge in [-0.05, 0) is 24.2 Å². The molecule has 0 fully saturated rings. The summed E-state index contributed by atoms with van der Waals surface area (Å²) in [5, 5.41) is 7.82. The van der Waals surface area contributed by atoms with E-state index in [0.717, 1.165) is 19.6 Å². The predicted molar refractivity (Wildman–Crippen MR) is 88.5 cm³/mol. The Morgan fingerprint density at radius 2 is 1.86 bits per heavy atom. The Hall–Kier alpha value is -1.91. The molecule has 0 spiro atoms. The molecule has 0 aliphatic rings. The molecule has 0 bridgehead atoms. The highest BCUT2D eigenvalue weighted by Gasteiger charge is 2.04. The van der Waals surface area contributed by atoms with Gasteiger partial charge >= 0.3 is 0 Å². The number of thiophene rings is 1. The summed E-state index contributed by atoms with van der Waals surface area (Å²) < 4.78 is 2.01. The number of rotatable bonds is 6. The van der Waals surface area contributed by atoms with E-state index in [0.29, 0.717) is 0 Å². The second-order valence-electron chi connectivity index (χ2n) is 4.94. The van der Waals surface area contributed by atoms with Gasteiger partial charge < -0.3 is 5.32 Å². The minimum atomic E-state index is 0.837. The molecule has 2 heterocycles. The molecule has 1 aromatic carbocycles. The number of nitrogens with zero attached hydrogens (tertiary/aromatic N) is 2. The Kier molecular flexibility index (Phi) is 4.48. The second kappa shape index (κ2) is 6.70. The highest BCUT2D eigenvalue weighted by molar-refractivity contribution is 7.11. The van der Waals surface area contributed by atoms with Crippen molar-refractivity contribution in [3.05, 3.63) is 64.6 Å². The largest absolute Gasteiger partial charge is 0.312 e. The van der Waals surface area contributed by atoms with Gasteiger partial charge in [-0.3, -0.25) is 4.68 Å². The van der Waals surface area contributed by atoms with Gasteiger partial charge in [0.15, 0.2) is 0 Å². The van der Waals surface area contributed by atoms with Gasteiger partial charge in [-0.25, -0.2) is 0 Å². The van der Waals surface area contributed by atoms with Crippen molar-refractivity contribution in [1.82, 2.24) is 15.1 Å². The summed E-state index contributed by atoms with van der Waals surface area (Å²) in [4.78, 5) is 2.72. The van der Waals surface area contributed by atoms with E-state index < -0.39 is 0 Å². The zero-order valence-electron chi connectivity index (χ0n) is 12.1. The summed E-state index contributed by atoms with van der Waals surface area (Å²) in [5.41, 5.74) is 2.38. The zero-order valence-corrected chi connectivity index (χ0v) is 12.9. The van der Waals surface area contributed by atoms with E-state index >= 15 is 0 Å². The number of hydrogen-bond donors (Lipinski definition) is 1. The van der Waals surface area contributed by atoms with Gasteiger partial charge in [0.05, 0.1) is 12.7 Å². The molecule has 3 nitrogen and oxygen atoms in total. The van der Waals surface area contributed by atoms with Crippen LogP contribution in [0.5, 0.6) is 0 Å². The smallest absolute Gasteiger partial charge is 0.0752 e. The lowest BCUT2D eigenvalue weighted by molar-refractivity contribution is 0.695. The number of nitrogens with one attached hydrogen (secondary N) is 1. The third kappa shape index (κ3) is 3.60. The highest BCUT2D eigenvalue weighted by Crippen LogP contribution is 2.20. The first-order valence-electron chi connectivity index (χ1n) is 7.21. The van der Waals surface area contributed by atoms with Gasteiger partial charge in [0.1, 0.15) is 0 Å². The summed E-state index contributed by atoms with van der Waals surface area (Å²) >= 11 is 1.85. The van der Waals surface area contributed by atoms with E-state index in [1.807, 2.05) is 28.3 Å². The molecular formula is C17H19N3S. The van der Waals surface area contributed by atoms with Crippen LogP contribution in [-0.2, 0) is 13.1 Å². The number of aromatic nitrogens is 2. The summed E-state index contributed by atoms with van der Waals surface area (Å²) in [7, 11) is 0. The molecule has 0 unspecified atom stereocenters. The Bertz CT molecular complexity index is 685. The Labute approximate surface area is 129 Å². The highest BCUT2D eigenvalue weighted by atomic mass is 32.1. The van der Waals surface area contributed by atoms with Gasteiger partial charge in [-0.15, -0.1) is 11.3 Å². The third-order valence-electron chi connectivity index (χ3n) is 3.32. The van der Waals surface area contributed by atoms with Crippen LogP contribution in [-0.4, -0.2) is 16.3 Å². The summed E-state index contributed by atoms with van der Waals surface area (Å²) in [6.07, 6.45) is 4.04. The van der Waals surface area contributed by atoms with Crippen LogP contribution in [0.2, 0.25) is 0 Å². The molecule has 2 aromatic heterocycles. The van der Waals surface area contributed by atoms with Crippen LogP contribution in [0, 0.1) is 0 Å². The van der Waals surface area contributed by atoms with E-state index in [1.165, 1.54) is 20.9 Å². The predicted octanol–water partition coefficient (Wildman–Crippen LogP) is 3.77. The molecule has 0 saturated carbocycles. The fraction of sp³-hybridized carbons (Fsp3) is 0.235. The van der Waals surface area contributed by atoms with Crippen LogP contribution in [0.3, 0.4) is 0 Å². The van der Waals surface area contributed by atoms with Gasteiger partial charge in [-0.2, -0.15) is 5.10 Å². The lowest BCUT2D eigenvalue weighted by atomic mass is 10.1. The van der Waals surface area contributed by atoms with Crippen molar-refractivity contribution in [2.75, 3.05) is 6.54 Å². The van der Waals surface area contributed by atoms with Crippen molar-refractivity contribution in [1.29, 1.82) is 0 Å². The van der Waals surface area contributed by atoms with Crippen molar-refractivity contribution >= 4 is 11.3 Å². The summed E-state index contributed by atoms with van der Waals surface area (Å²) in [5.74, 6) is 0. The van der Waals surface area contributed by atoms with E-state index in [9.17, 15) is 0 Å². The fourth-order valence-electron chi connectivity index (χ4n) is 2.24. The van der Waals surface area contributed by atoms with Crippen molar-refractivity contribution in [2.24, 2.45) is 0 Å². The monoisotopic (exact) mass is 297 g/mol. The maximum absolute atomic E-state index is 4.47. The molecule has 0 atom stereocenters. The van der Waals surface area contributed by atoms with Crippen molar-refractivity contribution < 1.29 is 0 Å². The molecule has 3 aromatic rings. The summed E-state index contributed by atoms with van der Waals surface area (Å²) in [6.45, 7) is 4.93. The number of hydrogen-bond acceptors (Lipinski definition) is 3. The minimum absolute atomic E-state index is 0.837. The molecular weight excluding hydrogens is 278 g/mol. The van der Waals surface area contributed by atoms with Crippen LogP contribution in [0.1, 0.15) is 16.7 Å². The first-order valence-corrected chi connectivity index (χ1v) is 8.03. The van der Waals surface area contributed by atoms with Gasteiger partial charge in [0.25, 0.3) is 0 Å². The lowest BCUT2D eigenvalue weighted by Crippen LogP contribution is -2.10. The fourth-order valence-corrected chi connectivity index (χ4v) is 3.22. The average Bonchev–Trinajstić information content (AvgIpc) is 3.16. The SMILES string of the molecule is CCNCc1ccc(Cn2cc(-c3ccccc3)cn2)s1. The molecule has 3 rings (SSSR count). The van der Waals surface area contributed by atoms with Crippen molar-refractivity contribution in [3.63, 3.8) is 0 Å². The van der Waals surface area contributed by atoms with Crippen molar-refractivity contribution in [2.45, 2.75) is 20.0 Å². The maximum Gasteiger partial charge on any atom is 0.0752 e. The van der Waals surface area contributed by atoms with E-state index in [1.54, 1.807) is 0 Å². The average molecular weight is 297 g/mol. The Morgan fingerprint density at radius 1 is 1.05 bits per heavy atom. The number of benzene rings is 1. The standard InChI is InChI=1S/C17H19N3S/c1-2-18-11-16-8-9-17(21-16)13-20-12-15(10-19-20)14-6-4-3-5-7-14/h3-10,12,18H,2,11,13H2,1H3. The van der Waals surface area contributed by atoms with E-state index in [-0.39, 0.29) is 0 Å². The quantitative estimate of drug-likeness (QED) is 0.750. The lowest BCUT2D eigenvalue weighted by Gasteiger charge is -1.99. The van der Waals surface area contributed by atoms with Crippen LogP contribution < -0.4 is 5.32 Å². The molecule has 0 aliphatic heterocycles. The molecule has 21 heavy (non-hydrogen) atoms. The second-order valence-corrected chi connectivity index (χ2v) is 6.19. The normalized spacial score (nSPS) is 10.9. The molecule has 0 radical (unpaired) electrons. The Morgan fingerprint density at radius 3 is 2.67 bits per heavy atom. The van der Waals surface area contributed by atoms with Crippen LogP contribution in [0.15, 0.2) is 54.9 Å². The van der Waals surface area contributed by atoms with Crippen molar-refractivity contribution in [3.8, 4) is 11.1 Å². The van der Waals surface area contributed by atoms with Gasteiger partial charge in [-0.1, -0.05) is 37.3 Å². The van der Waals surface area contributed by atoms with Gasteiger partial charge in [0.2, 0.25) is 0 Å². The topological polar surface area (TPSA) is 29.9 Å². The molecule has 4 heteroatoms. The van der Waals surface area contributed by atoms with E-state index in [4.69, 9.17) is 0 Å². The zero-order chi connectivity index (χ0) is 14.5. The van der Waals surface area contributed by atoms with Gasteiger partial charge in [0, 0.05) is 28.1 Å². The molecule has 108 valence electrons. The minimum Gasteiger partial charge on any atom is -0.312 e. The third-order valence-corrected chi connectivity index (χ3v) is 4.39. The first-order chi connectivity index (χ1) is 10.3.